The Morgan fingerprint density at radius 1 is 1.42 bits per heavy atom. The molecule has 0 bridgehead atoms. The van der Waals surface area contributed by atoms with Crippen LogP contribution in [0, 0.1) is 6.92 Å². The van der Waals surface area contributed by atoms with Gasteiger partial charge < -0.3 is 9.64 Å². The van der Waals surface area contributed by atoms with Crippen molar-refractivity contribution >= 4 is 23.0 Å². The summed E-state index contributed by atoms with van der Waals surface area (Å²) in [6.45, 7) is 5.76. The fraction of sp³-hybridized carbons (Fsp3) is 0.571. The second-order valence-corrected chi connectivity index (χ2v) is 6.13. The first-order valence-corrected chi connectivity index (χ1v) is 7.36. The van der Waals surface area contributed by atoms with Gasteiger partial charge in [-0.05, 0) is 26.0 Å². The molecule has 5 heteroatoms. The number of morpholine rings is 1. The third kappa shape index (κ3) is 3.64. The van der Waals surface area contributed by atoms with E-state index in [9.17, 15) is 9.59 Å². The Kier molecular flexibility index (Phi) is 4.71. The molecular formula is C14H19NO3S. The summed E-state index contributed by atoms with van der Waals surface area (Å²) in [6, 6.07) is 3.88. The second-order valence-electron chi connectivity index (χ2n) is 4.84. The highest BCUT2D eigenvalue weighted by Gasteiger charge is 2.24. The molecule has 0 aliphatic carbocycles. The number of carbonyl (C=O) groups excluding carboxylic acids is 2. The first-order valence-electron chi connectivity index (χ1n) is 6.55. The predicted octanol–water partition coefficient (Wildman–Crippen LogP) is 2.27. The van der Waals surface area contributed by atoms with Gasteiger partial charge >= 0.3 is 0 Å². The lowest BCUT2D eigenvalue weighted by molar-refractivity contribution is -0.139. The molecule has 2 heterocycles. The van der Waals surface area contributed by atoms with Crippen molar-refractivity contribution in [3.05, 3.63) is 21.9 Å². The van der Waals surface area contributed by atoms with Crippen molar-refractivity contribution < 1.29 is 14.3 Å². The van der Waals surface area contributed by atoms with E-state index < -0.39 is 0 Å². The van der Waals surface area contributed by atoms with Crippen LogP contribution in [0.5, 0.6) is 0 Å². The fourth-order valence-corrected chi connectivity index (χ4v) is 3.00. The number of ether oxygens (including phenoxy) is 1. The van der Waals surface area contributed by atoms with Crippen LogP contribution in [-0.2, 0) is 9.53 Å². The standard InChI is InChI=1S/C14H19NO3S/c1-10-9-18-8-7-15(10)14(17)6-4-12(16)13-5-3-11(2)19-13/h3,5,10H,4,6-9H2,1-2H3. The van der Waals surface area contributed by atoms with Gasteiger partial charge in [-0.2, -0.15) is 0 Å². The molecule has 1 amide bonds. The molecule has 0 aromatic carbocycles. The Bertz CT molecular complexity index is 469. The maximum Gasteiger partial charge on any atom is 0.223 e. The van der Waals surface area contributed by atoms with E-state index in [1.54, 1.807) is 0 Å². The fourth-order valence-electron chi connectivity index (χ4n) is 2.17. The van der Waals surface area contributed by atoms with Crippen LogP contribution in [-0.4, -0.2) is 42.4 Å². The van der Waals surface area contributed by atoms with E-state index >= 15 is 0 Å². The highest BCUT2D eigenvalue weighted by atomic mass is 32.1. The molecule has 19 heavy (non-hydrogen) atoms. The van der Waals surface area contributed by atoms with Crippen molar-refractivity contribution in [1.82, 2.24) is 4.90 Å². The first-order chi connectivity index (χ1) is 9.08. The Morgan fingerprint density at radius 3 is 2.84 bits per heavy atom. The van der Waals surface area contributed by atoms with Gasteiger partial charge in [-0.25, -0.2) is 0 Å². The van der Waals surface area contributed by atoms with E-state index in [4.69, 9.17) is 4.74 Å². The van der Waals surface area contributed by atoms with Gasteiger partial charge in [0.05, 0.1) is 24.1 Å². The number of carbonyl (C=O) groups is 2. The lowest BCUT2D eigenvalue weighted by atomic mass is 10.1. The summed E-state index contributed by atoms with van der Waals surface area (Å²) in [6.07, 6.45) is 0.586. The van der Waals surface area contributed by atoms with Crippen molar-refractivity contribution in [2.75, 3.05) is 19.8 Å². The van der Waals surface area contributed by atoms with Crippen LogP contribution in [0.15, 0.2) is 12.1 Å². The molecule has 1 fully saturated rings. The molecule has 0 saturated carbocycles. The van der Waals surface area contributed by atoms with Gasteiger partial charge in [0, 0.05) is 24.3 Å². The average molecular weight is 281 g/mol. The lowest BCUT2D eigenvalue weighted by Crippen LogP contribution is -2.47. The summed E-state index contributed by atoms with van der Waals surface area (Å²) in [7, 11) is 0. The van der Waals surface area contributed by atoms with Crippen LogP contribution in [0.3, 0.4) is 0 Å². The van der Waals surface area contributed by atoms with E-state index in [0.717, 1.165) is 9.75 Å². The molecule has 1 unspecified atom stereocenters. The maximum absolute atomic E-state index is 12.1. The molecule has 1 aliphatic rings. The molecule has 1 aromatic rings. The molecule has 1 atom stereocenters. The Hall–Kier alpha value is -1.20. The third-order valence-corrected chi connectivity index (χ3v) is 4.31. The van der Waals surface area contributed by atoms with Gasteiger partial charge in [-0.15, -0.1) is 11.3 Å². The predicted molar refractivity (Wildman–Crippen MR) is 74.6 cm³/mol. The molecule has 0 radical (unpaired) electrons. The SMILES string of the molecule is Cc1ccc(C(=O)CCC(=O)N2CCOCC2C)s1. The molecular weight excluding hydrogens is 262 g/mol. The molecule has 1 saturated heterocycles. The minimum absolute atomic E-state index is 0.0532. The summed E-state index contributed by atoms with van der Waals surface area (Å²) in [5, 5.41) is 0. The van der Waals surface area contributed by atoms with Gasteiger partial charge in [-0.1, -0.05) is 0 Å². The van der Waals surface area contributed by atoms with Gasteiger partial charge in [0.25, 0.3) is 0 Å². The number of rotatable bonds is 4. The first kappa shape index (κ1) is 14.2. The number of amides is 1. The van der Waals surface area contributed by atoms with Crippen molar-refractivity contribution in [3.8, 4) is 0 Å². The zero-order valence-corrected chi connectivity index (χ0v) is 12.2. The average Bonchev–Trinajstić information content (AvgIpc) is 2.83. The quantitative estimate of drug-likeness (QED) is 0.795. The zero-order chi connectivity index (χ0) is 13.8. The van der Waals surface area contributed by atoms with Gasteiger partial charge in [-0.3, -0.25) is 9.59 Å². The number of aryl methyl sites for hydroxylation is 1. The van der Waals surface area contributed by atoms with Gasteiger partial charge in [0.15, 0.2) is 5.78 Å². The largest absolute Gasteiger partial charge is 0.377 e. The summed E-state index contributed by atoms with van der Waals surface area (Å²) < 4.78 is 5.30. The van der Waals surface area contributed by atoms with Crippen molar-refractivity contribution in [2.45, 2.75) is 32.7 Å². The Labute approximate surface area is 117 Å². The van der Waals surface area contributed by atoms with E-state index in [0.29, 0.717) is 32.6 Å². The summed E-state index contributed by atoms with van der Waals surface area (Å²) in [4.78, 5) is 27.7. The summed E-state index contributed by atoms with van der Waals surface area (Å²) in [5.41, 5.74) is 0. The van der Waals surface area contributed by atoms with Crippen LogP contribution in [0.25, 0.3) is 0 Å². The molecule has 104 valence electrons. The Balaban J connectivity index is 1.84. The Morgan fingerprint density at radius 2 is 2.21 bits per heavy atom. The third-order valence-electron chi connectivity index (χ3n) is 3.27. The van der Waals surface area contributed by atoms with Gasteiger partial charge in [0.1, 0.15) is 0 Å². The maximum atomic E-state index is 12.1. The summed E-state index contributed by atoms with van der Waals surface area (Å²) in [5.74, 6) is 0.116. The van der Waals surface area contributed by atoms with E-state index in [2.05, 4.69) is 0 Å². The number of nitrogens with zero attached hydrogens (tertiary/aromatic N) is 1. The molecule has 2 rings (SSSR count). The molecule has 0 spiro atoms. The molecule has 1 aliphatic heterocycles. The molecule has 0 N–H and O–H groups in total. The van der Waals surface area contributed by atoms with Crippen molar-refractivity contribution in [2.24, 2.45) is 0 Å². The number of ketones is 1. The normalized spacial score (nSPS) is 19.5. The van der Waals surface area contributed by atoms with Gasteiger partial charge in [0.2, 0.25) is 5.91 Å². The number of hydrogen-bond acceptors (Lipinski definition) is 4. The topological polar surface area (TPSA) is 46.6 Å². The summed E-state index contributed by atoms with van der Waals surface area (Å²) >= 11 is 1.49. The minimum atomic E-state index is 0.0532. The van der Waals surface area contributed by atoms with Crippen molar-refractivity contribution in [1.29, 1.82) is 0 Å². The molecule has 1 aromatic heterocycles. The van der Waals surface area contributed by atoms with Crippen LogP contribution in [0.4, 0.5) is 0 Å². The highest BCUT2D eigenvalue weighted by molar-refractivity contribution is 7.14. The van der Waals surface area contributed by atoms with Crippen LogP contribution < -0.4 is 0 Å². The molecule has 4 nitrogen and oxygen atoms in total. The van der Waals surface area contributed by atoms with E-state index in [1.807, 2.05) is 30.9 Å². The number of Topliss-reactive ketones (excluding diaryl/α,β-unsaturated/α-hetero) is 1. The number of thiophene rings is 1. The van der Waals surface area contributed by atoms with Crippen LogP contribution in [0.1, 0.15) is 34.3 Å². The van der Waals surface area contributed by atoms with E-state index in [-0.39, 0.29) is 17.7 Å². The number of hydrogen-bond donors (Lipinski definition) is 0. The smallest absolute Gasteiger partial charge is 0.223 e. The van der Waals surface area contributed by atoms with Crippen LogP contribution in [0.2, 0.25) is 0 Å². The second kappa shape index (κ2) is 6.30. The van der Waals surface area contributed by atoms with Crippen molar-refractivity contribution in [3.63, 3.8) is 0 Å². The van der Waals surface area contributed by atoms with Crippen LogP contribution >= 0.6 is 11.3 Å². The van der Waals surface area contributed by atoms with E-state index in [1.165, 1.54) is 11.3 Å². The highest BCUT2D eigenvalue weighted by Crippen LogP contribution is 2.18. The lowest BCUT2D eigenvalue weighted by Gasteiger charge is -2.33. The zero-order valence-electron chi connectivity index (χ0n) is 11.3. The minimum Gasteiger partial charge on any atom is -0.377 e. The monoisotopic (exact) mass is 281 g/mol.